The molecule has 4 nitrogen and oxygen atoms in total. The van der Waals surface area contributed by atoms with Crippen molar-refractivity contribution < 1.29 is 19.1 Å². The largest absolute Gasteiger partial charge is 0.462 e. The number of ether oxygens (including phenoxy) is 2. The molecule has 0 heterocycles. The maximum absolute atomic E-state index is 13.0. The number of hydrogen-bond donors (Lipinski definition) is 0. The molecule has 4 unspecified atom stereocenters. The van der Waals surface area contributed by atoms with E-state index in [4.69, 9.17) is 9.47 Å². The van der Waals surface area contributed by atoms with Crippen LogP contribution >= 0.6 is 0 Å². The van der Waals surface area contributed by atoms with Crippen molar-refractivity contribution >= 4 is 11.9 Å². The molecule has 156 valence electrons. The Balaban J connectivity index is 3.21. The van der Waals surface area contributed by atoms with Crippen molar-refractivity contribution in [1.82, 2.24) is 0 Å². The molecule has 0 radical (unpaired) electrons. The summed E-state index contributed by atoms with van der Waals surface area (Å²) in [6.07, 6.45) is 3.47. The lowest BCUT2D eigenvalue weighted by Crippen LogP contribution is -2.40. The normalized spacial score (nSPS) is 24.3. The predicted molar refractivity (Wildman–Crippen MR) is 109 cm³/mol. The van der Waals surface area contributed by atoms with E-state index in [1.165, 1.54) is 0 Å². The molecule has 4 heteroatoms. The molecule has 0 aliphatic heterocycles. The van der Waals surface area contributed by atoms with Crippen LogP contribution in [-0.2, 0) is 19.1 Å². The average Bonchev–Trinajstić information content (AvgIpc) is 2.65. The second-order valence-corrected chi connectivity index (χ2v) is 8.96. The van der Waals surface area contributed by atoms with Crippen LogP contribution in [-0.4, -0.2) is 25.2 Å². The molecule has 0 aromatic heterocycles. The Labute approximate surface area is 166 Å². The van der Waals surface area contributed by atoms with Crippen molar-refractivity contribution in [1.29, 1.82) is 0 Å². The summed E-state index contributed by atoms with van der Waals surface area (Å²) in [6, 6.07) is 0. The molecule has 1 rings (SSSR count). The molecule has 0 spiro atoms. The van der Waals surface area contributed by atoms with Crippen LogP contribution in [0.15, 0.2) is 11.1 Å². The number of carbonyl (C=O) groups excluding carboxylic acids is 2. The molecule has 0 amide bonds. The molecule has 1 aliphatic carbocycles. The fourth-order valence-corrected chi connectivity index (χ4v) is 3.65. The first kappa shape index (κ1) is 23.7. The first-order chi connectivity index (χ1) is 12.6. The molecule has 1 aliphatic rings. The second-order valence-electron chi connectivity index (χ2n) is 8.96. The van der Waals surface area contributed by atoms with Gasteiger partial charge in [0.2, 0.25) is 0 Å². The van der Waals surface area contributed by atoms with E-state index in [-0.39, 0.29) is 11.9 Å². The van der Waals surface area contributed by atoms with Gasteiger partial charge in [-0.2, -0.15) is 0 Å². The molecule has 4 atom stereocenters. The number of hydrogen-bond acceptors (Lipinski definition) is 4. The summed E-state index contributed by atoms with van der Waals surface area (Å²) < 4.78 is 11.2. The van der Waals surface area contributed by atoms with E-state index >= 15 is 0 Å². The van der Waals surface area contributed by atoms with Gasteiger partial charge in [0.05, 0.1) is 18.8 Å². The standard InChI is InChI=1S/C23H40O4/c1-9-15(4)13-26-21(24)19-12-18(11-3)17(6)23(7,8)20(19)22(25)27-14-16(5)10-2/h15-18H,9-14H2,1-8H3. The Morgan fingerprint density at radius 1 is 1.00 bits per heavy atom. The quantitative estimate of drug-likeness (QED) is 0.492. The zero-order chi connectivity index (χ0) is 20.8. The number of rotatable bonds is 9. The van der Waals surface area contributed by atoms with Crippen LogP contribution < -0.4 is 0 Å². The van der Waals surface area contributed by atoms with Gasteiger partial charge in [-0.3, -0.25) is 0 Å². The number of esters is 2. The van der Waals surface area contributed by atoms with Crippen LogP contribution in [0.2, 0.25) is 0 Å². The third kappa shape index (κ3) is 5.83. The maximum Gasteiger partial charge on any atom is 0.335 e. The van der Waals surface area contributed by atoms with Gasteiger partial charge >= 0.3 is 11.9 Å². The van der Waals surface area contributed by atoms with Crippen molar-refractivity contribution in [3.05, 3.63) is 11.1 Å². The van der Waals surface area contributed by atoms with E-state index < -0.39 is 5.41 Å². The maximum atomic E-state index is 13.0. The Hall–Kier alpha value is -1.32. The van der Waals surface area contributed by atoms with Gasteiger partial charge in [0.15, 0.2) is 0 Å². The van der Waals surface area contributed by atoms with Gasteiger partial charge in [-0.25, -0.2) is 9.59 Å². The zero-order valence-corrected chi connectivity index (χ0v) is 18.7. The Morgan fingerprint density at radius 3 is 1.93 bits per heavy atom. The van der Waals surface area contributed by atoms with Gasteiger partial charge in [-0.15, -0.1) is 0 Å². The summed E-state index contributed by atoms with van der Waals surface area (Å²) >= 11 is 0. The molecule has 0 aromatic carbocycles. The van der Waals surface area contributed by atoms with Gasteiger partial charge in [0, 0.05) is 11.0 Å². The molecular formula is C23H40O4. The first-order valence-corrected chi connectivity index (χ1v) is 10.7. The molecule has 0 bridgehead atoms. The van der Waals surface area contributed by atoms with Crippen LogP contribution in [0.4, 0.5) is 0 Å². The van der Waals surface area contributed by atoms with E-state index in [1.54, 1.807) is 0 Å². The van der Waals surface area contributed by atoms with Crippen LogP contribution in [0, 0.1) is 29.1 Å². The summed E-state index contributed by atoms with van der Waals surface area (Å²) in [5.74, 6) is 0.578. The van der Waals surface area contributed by atoms with Crippen molar-refractivity contribution in [3.63, 3.8) is 0 Å². The third-order valence-electron chi connectivity index (χ3n) is 6.62. The first-order valence-electron chi connectivity index (χ1n) is 10.7. The van der Waals surface area contributed by atoms with E-state index in [0.29, 0.717) is 54.5 Å². The molecule has 0 N–H and O–H groups in total. The highest BCUT2D eigenvalue weighted by molar-refractivity contribution is 6.01. The minimum absolute atomic E-state index is 0.291. The Bertz CT molecular complexity index is 547. The predicted octanol–water partition coefficient (Wildman–Crippen LogP) is 5.55. The fraction of sp³-hybridized carbons (Fsp3) is 0.826. The summed E-state index contributed by atoms with van der Waals surface area (Å²) in [5, 5.41) is 0. The van der Waals surface area contributed by atoms with E-state index in [1.807, 2.05) is 0 Å². The van der Waals surface area contributed by atoms with Gasteiger partial charge in [0.25, 0.3) is 0 Å². The van der Waals surface area contributed by atoms with E-state index in [2.05, 4.69) is 55.4 Å². The monoisotopic (exact) mass is 380 g/mol. The van der Waals surface area contributed by atoms with Crippen LogP contribution in [0.1, 0.15) is 81.1 Å². The van der Waals surface area contributed by atoms with E-state index in [0.717, 1.165) is 19.3 Å². The molecule has 0 saturated heterocycles. The lowest BCUT2D eigenvalue weighted by atomic mass is 9.61. The van der Waals surface area contributed by atoms with Gasteiger partial charge < -0.3 is 9.47 Å². The summed E-state index contributed by atoms with van der Waals surface area (Å²) in [7, 11) is 0. The smallest absolute Gasteiger partial charge is 0.335 e. The fourth-order valence-electron chi connectivity index (χ4n) is 3.65. The Kier molecular flexibility index (Phi) is 9.04. The van der Waals surface area contributed by atoms with Gasteiger partial charge in [0.1, 0.15) is 0 Å². The zero-order valence-electron chi connectivity index (χ0n) is 18.7. The molecule has 0 saturated carbocycles. The van der Waals surface area contributed by atoms with Crippen LogP contribution in [0.25, 0.3) is 0 Å². The summed E-state index contributed by atoms with van der Waals surface area (Å²) in [4.78, 5) is 25.9. The lowest BCUT2D eigenvalue weighted by Gasteiger charge is -2.43. The lowest BCUT2D eigenvalue weighted by molar-refractivity contribution is -0.146. The summed E-state index contributed by atoms with van der Waals surface area (Å²) in [5.41, 5.74) is 0.635. The minimum Gasteiger partial charge on any atom is -0.462 e. The molecule has 27 heavy (non-hydrogen) atoms. The van der Waals surface area contributed by atoms with Crippen LogP contribution in [0.3, 0.4) is 0 Å². The van der Waals surface area contributed by atoms with Crippen molar-refractivity contribution in [2.75, 3.05) is 13.2 Å². The second kappa shape index (κ2) is 10.3. The van der Waals surface area contributed by atoms with Gasteiger partial charge in [-0.05, 0) is 30.1 Å². The van der Waals surface area contributed by atoms with Gasteiger partial charge in [-0.1, -0.05) is 74.7 Å². The van der Waals surface area contributed by atoms with Crippen LogP contribution in [0.5, 0.6) is 0 Å². The summed E-state index contributed by atoms with van der Waals surface area (Å²) in [6.45, 7) is 17.5. The molecular weight excluding hydrogens is 340 g/mol. The van der Waals surface area contributed by atoms with Crippen molar-refractivity contribution in [2.24, 2.45) is 29.1 Å². The minimum atomic E-state index is -0.420. The topological polar surface area (TPSA) is 52.6 Å². The molecule has 0 fully saturated rings. The third-order valence-corrected chi connectivity index (χ3v) is 6.62. The SMILES string of the molecule is CCC(C)COC(=O)C1=C(C(=O)OCC(C)CC)C(C)(C)C(C)C(CC)C1. The van der Waals surface area contributed by atoms with Crippen molar-refractivity contribution in [2.45, 2.75) is 81.1 Å². The number of carbonyl (C=O) groups is 2. The highest BCUT2D eigenvalue weighted by Crippen LogP contribution is 2.49. The molecule has 0 aromatic rings. The Morgan fingerprint density at radius 2 is 1.48 bits per heavy atom. The van der Waals surface area contributed by atoms with Crippen molar-refractivity contribution in [3.8, 4) is 0 Å². The van der Waals surface area contributed by atoms with E-state index in [9.17, 15) is 9.59 Å². The average molecular weight is 381 g/mol. The highest BCUT2D eigenvalue weighted by atomic mass is 16.5. The highest BCUT2D eigenvalue weighted by Gasteiger charge is 2.46.